The molecule has 0 aliphatic carbocycles. The van der Waals surface area contributed by atoms with E-state index in [1.54, 1.807) is 7.11 Å². The molecular formula is C11H24N2O3. The number of methoxy groups -OCH3 is 1. The van der Waals surface area contributed by atoms with Gasteiger partial charge in [0.1, 0.15) is 0 Å². The second kappa shape index (κ2) is 8.50. The smallest absolute Gasteiger partial charge is 0.234 e. The molecular weight excluding hydrogens is 208 g/mol. The van der Waals surface area contributed by atoms with Crippen molar-refractivity contribution in [3.63, 3.8) is 0 Å². The molecule has 0 aliphatic rings. The Morgan fingerprint density at radius 1 is 1.38 bits per heavy atom. The van der Waals surface area contributed by atoms with Gasteiger partial charge in [-0.3, -0.25) is 4.79 Å². The maximum atomic E-state index is 11.5. The Morgan fingerprint density at radius 2 is 2.00 bits per heavy atom. The van der Waals surface area contributed by atoms with Crippen LogP contribution in [0.15, 0.2) is 0 Å². The van der Waals surface area contributed by atoms with E-state index in [-0.39, 0.29) is 31.1 Å². The van der Waals surface area contributed by atoms with Gasteiger partial charge in [-0.2, -0.15) is 0 Å². The van der Waals surface area contributed by atoms with E-state index in [1.165, 1.54) is 0 Å². The number of rotatable bonds is 8. The van der Waals surface area contributed by atoms with Gasteiger partial charge in [0.15, 0.2) is 0 Å². The van der Waals surface area contributed by atoms with Crippen LogP contribution < -0.4 is 10.6 Å². The quantitative estimate of drug-likeness (QED) is 0.539. The number of hydrogen-bond acceptors (Lipinski definition) is 4. The van der Waals surface area contributed by atoms with Gasteiger partial charge in [0.25, 0.3) is 0 Å². The van der Waals surface area contributed by atoms with Crippen molar-refractivity contribution in [3.8, 4) is 0 Å². The second-order valence-corrected chi connectivity index (χ2v) is 4.34. The minimum absolute atomic E-state index is 0.00549. The summed E-state index contributed by atoms with van der Waals surface area (Å²) in [7, 11) is 1.60. The van der Waals surface area contributed by atoms with Gasteiger partial charge in [0.05, 0.1) is 19.8 Å². The van der Waals surface area contributed by atoms with E-state index in [9.17, 15) is 4.79 Å². The first-order chi connectivity index (χ1) is 7.51. The summed E-state index contributed by atoms with van der Waals surface area (Å²) in [6.45, 7) is 6.64. The van der Waals surface area contributed by atoms with Crippen LogP contribution in [0.4, 0.5) is 0 Å². The molecule has 1 amide bonds. The van der Waals surface area contributed by atoms with E-state index in [2.05, 4.69) is 10.6 Å². The van der Waals surface area contributed by atoms with Gasteiger partial charge in [0.2, 0.25) is 5.91 Å². The van der Waals surface area contributed by atoms with Crippen molar-refractivity contribution < 1.29 is 14.6 Å². The maximum Gasteiger partial charge on any atom is 0.234 e. The molecule has 0 saturated heterocycles. The van der Waals surface area contributed by atoms with Crippen LogP contribution >= 0.6 is 0 Å². The summed E-state index contributed by atoms with van der Waals surface area (Å²) >= 11 is 0. The van der Waals surface area contributed by atoms with Gasteiger partial charge in [-0.1, -0.05) is 13.8 Å². The van der Waals surface area contributed by atoms with Crippen LogP contribution in [0.25, 0.3) is 0 Å². The Bertz CT molecular complexity index is 198. The number of amides is 1. The first-order valence-corrected chi connectivity index (χ1v) is 5.63. The summed E-state index contributed by atoms with van der Waals surface area (Å²) < 4.78 is 4.91. The molecule has 0 bridgehead atoms. The number of carbonyl (C=O) groups is 1. The molecule has 96 valence electrons. The third-order valence-corrected chi connectivity index (χ3v) is 2.35. The lowest BCUT2D eigenvalue weighted by Crippen LogP contribution is -2.46. The average Bonchev–Trinajstić information content (AvgIpc) is 2.18. The Kier molecular flexibility index (Phi) is 8.15. The SMILES string of the molecule is COCC(C)NC(=O)CN[C@H](CO)C(C)C. The largest absolute Gasteiger partial charge is 0.395 e. The molecule has 0 aliphatic heterocycles. The normalized spacial score (nSPS) is 14.9. The van der Waals surface area contributed by atoms with Crippen LogP contribution in [-0.4, -0.2) is 50.0 Å². The van der Waals surface area contributed by atoms with Crippen molar-refractivity contribution in [1.29, 1.82) is 0 Å². The van der Waals surface area contributed by atoms with Crippen molar-refractivity contribution >= 4 is 5.91 Å². The minimum atomic E-state index is -0.0800. The zero-order valence-electron chi connectivity index (χ0n) is 10.6. The predicted molar refractivity (Wildman–Crippen MR) is 63.2 cm³/mol. The molecule has 0 aromatic heterocycles. The van der Waals surface area contributed by atoms with Crippen LogP contribution in [-0.2, 0) is 9.53 Å². The fraction of sp³-hybridized carbons (Fsp3) is 0.909. The molecule has 0 heterocycles. The Balaban J connectivity index is 3.79. The van der Waals surface area contributed by atoms with Crippen molar-refractivity contribution in [1.82, 2.24) is 10.6 Å². The maximum absolute atomic E-state index is 11.5. The number of hydrogen-bond donors (Lipinski definition) is 3. The molecule has 0 aromatic carbocycles. The van der Waals surface area contributed by atoms with Crippen molar-refractivity contribution in [2.24, 2.45) is 5.92 Å². The fourth-order valence-corrected chi connectivity index (χ4v) is 1.35. The van der Waals surface area contributed by atoms with Gasteiger partial charge >= 0.3 is 0 Å². The second-order valence-electron chi connectivity index (χ2n) is 4.34. The van der Waals surface area contributed by atoms with Crippen LogP contribution in [0.1, 0.15) is 20.8 Å². The van der Waals surface area contributed by atoms with Gasteiger partial charge in [-0.15, -0.1) is 0 Å². The highest BCUT2D eigenvalue weighted by Gasteiger charge is 2.13. The van der Waals surface area contributed by atoms with Gasteiger partial charge in [-0.05, 0) is 12.8 Å². The summed E-state index contributed by atoms with van der Waals surface area (Å²) in [6.07, 6.45) is 0. The Morgan fingerprint density at radius 3 is 2.44 bits per heavy atom. The topological polar surface area (TPSA) is 70.6 Å². The first-order valence-electron chi connectivity index (χ1n) is 5.63. The van der Waals surface area contributed by atoms with E-state index < -0.39 is 0 Å². The van der Waals surface area contributed by atoms with Crippen LogP contribution in [0, 0.1) is 5.92 Å². The van der Waals surface area contributed by atoms with Gasteiger partial charge in [-0.25, -0.2) is 0 Å². The third kappa shape index (κ3) is 6.76. The van der Waals surface area contributed by atoms with E-state index in [0.717, 1.165) is 0 Å². The summed E-state index contributed by atoms with van der Waals surface area (Å²) in [5, 5.41) is 14.9. The molecule has 2 atom stereocenters. The number of aliphatic hydroxyl groups is 1. The average molecular weight is 232 g/mol. The lowest BCUT2D eigenvalue weighted by molar-refractivity contribution is -0.121. The van der Waals surface area contributed by atoms with Crippen LogP contribution in [0.5, 0.6) is 0 Å². The molecule has 0 rings (SSSR count). The number of aliphatic hydroxyl groups excluding tert-OH is 1. The zero-order chi connectivity index (χ0) is 12.6. The Labute approximate surface area is 97.6 Å². The van der Waals surface area contributed by atoms with E-state index in [4.69, 9.17) is 9.84 Å². The molecule has 0 radical (unpaired) electrons. The third-order valence-electron chi connectivity index (χ3n) is 2.35. The molecule has 0 aromatic rings. The molecule has 0 fully saturated rings. The zero-order valence-corrected chi connectivity index (χ0v) is 10.6. The molecule has 5 heteroatoms. The highest BCUT2D eigenvalue weighted by Crippen LogP contribution is 1.99. The van der Waals surface area contributed by atoms with Crippen molar-refractivity contribution in [3.05, 3.63) is 0 Å². The highest BCUT2D eigenvalue weighted by molar-refractivity contribution is 5.78. The summed E-state index contributed by atoms with van der Waals surface area (Å²) in [5.74, 6) is 0.220. The van der Waals surface area contributed by atoms with E-state index >= 15 is 0 Å². The van der Waals surface area contributed by atoms with Crippen LogP contribution in [0.3, 0.4) is 0 Å². The predicted octanol–water partition coefficient (Wildman–Crippen LogP) is -0.256. The van der Waals surface area contributed by atoms with Gasteiger partial charge < -0.3 is 20.5 Å². The first kappa shape index (κ1) is 15.3. The standard InChI is InChI=1S/C11H24N2O3/c1-8(2)10(6-14)12-5-11(15)13-9(3)7-16-4/h8-10,12,14H,5-7H2,1-4H3,(H,13,15)/t9?,10-/m1/s1. The molecule has 16 heavy (non-hydrogen) atoms. The lowest BCUT2D eigenvalue weighted by atomic mass is 10.1. The van der Waals surface area contributed by atoms with Crippen LogP contribution in [0.2, 0.25) is 0 Å². The highest BCUT2D eigenvalue weighted by atomic mass is 16.5. The number of nitrogens with one attached hydrogen (secondary N) is 2. The summed E-state index contributed by atoms with van der Waals surface area (Å²) in [4.78, 5) is 11.5. The molecule has 0 spiro atoms. The Hall–Kier alpha value is -0.650. The molecule has 0 saturated carbocycles. The van der Waals surface area contributed by atoms with E-state index in [0.29, 0.717) is 12.5 Å². The minimum Gasteiger partial charge on any atom is -0.395 e. The fourth-order valence-electron chi connectivity index (χ4n) is 1.35. The monoisotopic (exact) mass is 232 g/mol. The molecule has 1 unspecified atom stereocenters. The number of ether oxygens (including phenoxy) is 1. The molecule has 3 N–H and O–H groups in total. The summed E-state index contributed by atoms with van der Waals surface area (Å²) in [5.41, 5.74) is 0. The number of carbonyl (C=O) groups excluding carboxylic acids is 1. The van der Waals surface area contributed by atoms with E-state index in [1.807, 2.05) is 20.8 Å². The summed E-state index contributed by atoms with van der Waals surface area (Å²) in [6, 6.07) is -0.0330. The van der Waals surface area contributed by atoms with Crippen molar-refractivity contribution in [2.75, 3.05) is 26.9 Å². The van der Waals surface area contributed by atoms with Crippen molar-refractivity contribution in [2.45, 2.75) is 32.9 Å². The van der Waals surface area contributed by atoms with Gasteiger partial charge in [0, 0.05) is 19.2 Å². The molecule has 5 nitrogen and oxygen atoms in total. The lowest BCUT2D eigenvalue weighted by Gasteiger charge is -2.20.